The maximum Gasteiger partial charge on any atom is 0.229 e. The van der Waals surface area contributed by atoms with E-state index in [-0.39, 0.29) is 5.91 Å². The predicted molar refractivity (Wildman–Crippen MR) is 88.8 cm³/mol. The molecule has 0 aromatic carbocycles. The van der Waals surface area contributed by atoms with Crippen molar-refractivity contribution >= 4 is 22.9 Å². The van der Waals surface area contributed by atoms with Crippen LogP contribution in [0.3, 0.4) is 0 Å². The van der Waals surface area contributed by atoms with Crippen LogP contribution in [0.2, 0.25) is 0 Å². The lowest BCUT2D eigenvalue weighted by Crippen LogP contribution is -2.15. The van der Waals surface area contributed by atoms with Gasteiger partial charge < -0.3 is 5.32 Å². The van der Waals surface area contributed by atoms with Crippen LogP contribution >= 0.6 is 11.3 Å². The molecule has 0 radical (unpaired) electrons. The van der Waals surface area contributed by atoms with E-state index >= 15 is 0 Å². The number of hydrogen-bond acceptors (Lipinski definition) is 5. The summed E-state index contributed by atoms with van der Waals surface area (Å²) in [5, 5.41) is 17.2. The number of nitrogens with zero attached hydrogens (tertiary/aromatic N) is 5. The van der Waals surface area contributed by atoms with Crippen molar-refractivity contribution in [3.63, 3.8) is 0 Å². The number of anilines is 1. The second kappa shape index (κ2) is 6.74. The van der Waals surface area contributed by atoms with Gasteiger partial charge in [-0.05, 0) is 24.8 Å². The lowest BCUT2D eigenvalue weighted by Gasteiger charge is -2.06. The summed E-state index contributed by atoms with van der Waals surface area (Å²) in [6.45, 7) is 4.84. The summed E-state index contributed by atoms with van der Waals surface area (Å²) in [5.74, 6) is 0.585. The predicted octanol–water partition coefficient (Wildman–Crippen LogP) is 2.42. The molecule has 0 aliphatic heterocycles. The zero-order chi connectivity index (χ0) is 16.2. The first-order valence-corrected chi connectivity index (χ1v) is 8.31. The zero-order valence-electron chi connectivity index (χ0n) is 13.1. The molecule has 0 atom stereocenters. The van der Waals surface area contributed by atoms with Crippen LogP contribution < -0.4 is 5.32 Å². The lowest BCUT2D eigenvalue weighted by molar-refractivity contribution is -0.115. The lowest BCUT2D eigenvalue weighted by atomic mass is 10.3. The first kappa shape index (κ1) is 15.4. The Balaban J connectivity index is 1.88. The minimum Gasteiger partial charge on any atom is -0.321 e. The molecular weight excluding hydrogens is 312 g/mol. The van der Waals surface area contributed by atoms with Gasteiger partial charge in [0.15, 0.2) is 5.82 Å². The van der Waals surface area contributed by atoms with Crippen molar-refractivity contribution in [3.8, 4) is 5.82 Å². The van der Waals surface area contributed by atoms with E-state index in [4.69, 9.17) is 0 Å². The quantitative estimate of drug-likeness (QED) is 0.753. The maximum absolute atomic E-state index is 12.3. The van der Waals surface area contributed by atoms with Crippen LogP contribution in [0, 0.1) is 6.92 Å². The summed E-state index contributed by atoms with van der Waals surface area (Å²) >= 11 is 1.57. The summed E-state index contributed by atoms with van der Waals surface area (Å²) in [6.07, 6.45) is 4.48. The first-order valence-electron chi connectivity index (χ1n) is 7.43. The fourth-order valence-electron chi connectivity index (χ4n) is 2.35. The van der Waals surface area contributed by atoms with Crippen molar-refractivity contribution in [2.24, 2.45) is 0 Å². The van der Waals surface area contributed by atoms with Gasteiger partial charge in [-0.3, -0.25) is 14.0 Å². The van der Waals surface area contributed by atoms with Crippen LogP contribution in [0.4, 0.5) is 5.69 Å². The Morgan fingerprint density at radius 2 is 2.13 bits per heavy atom. The third-order valence-electron chi connectivity index (χ3n) is 3.47. The molecule has 0 spiro atoms. The highest BCUT2D eigenvalue weighted by Crippen LogP contribution is 2.24. The molecular formula is C15H18N6OS. The summed E-state index contributed by atoms with van der Waals surface area (Å²) in [5.41, 5.74) is 1.63. The molecule has 0 fully saturated rings. The Kier molecular flexibility index (Phi) is 4.52. The molecule has 0 aliphatic rings. The Labute approximate surface area is 138 Å². The number of amides is 1. The van der Waals surface area contributed by atoms with Crippen molar-refractivity contribution in [1.29, 1.82) is 0 Å². The summed E-state index contributed by atoms with van der Waals surface area (Å²) in [6, 6.07) is 3.90. The number of aromatic nitrogens is 5. The van der Waals surface area contributed by atoms with E-state index in [1.54, 1.807) is 28.6 Å². The molecule has 0 saturated carbocycles. The van der Waals surface area contributed by atoms with E-state index in [1.165, 1.54) is 0 Å². The van der Waals surface area contributed by atoms with Gasteiger partial charge >= 0.3 is 0 Å². The van der Waals surface area contributed by atoms with Gasteiger partial charge in [-0.2, -0.15) is 5.10 Å². The Morgan fingerprint density at radius 1 is 1.35 bits per heavy atom. The topological polar surface area (TPSA) is 77.6 Å². The van der Waals surface area contributed by atoms with E-state index in [0.29, 0.717) is 17.9 Å². The Morgan fingerprint density at radius 3 is 2.78 bits per heavy atom. The Bertz CT molecular complexity index is 775. The first-order chi connectivity index (χ1) is 11.2. The largest absolute Gasteiger partial charge is 0.321 e. The van der Waals surface area contributed by atoms with E-state index in [1.807, 2.05) is 29.1 Å². The molecule has 1 N–H and O–H groups in total. The number of carbonyl (C=O) groups is 1. The van der Waals surface area contributed by atoms with Gasteiger partial charge in [0.05, 0.1) is 12.1 Å². The van der Waals surface area contributed by atoms with Gasteiger partial charge in [-0.15, -0.1) is 21.5 Å². The molecule has 3 rings (SSSR count). The molecule has 3 heterocycles. The van der Waals surface area contributed by atoms with E-state index in [9.17, 15) is 4.79 Å². The van der Waals surface area contributed by atoms with Gasteiger partial charge in [0, 0.05) is 11.4 Å². The number of thiophene rings is 1. The minimum atomic E-state index is -0.0547. The van der Waals surface area contributed by atoms with Gasteiger partial charge in [-0.25, -0.2) is 0 Å². The molecule has 3 aromatic heterocycles. The molecule has 8 heteroatoms. The third kappa shape index (κ3) is 3.31. The molecule has 0 unspecified atom stereocenters. The second-order valence-electron chi connectivity index (χ2n) is 5.18. The average Bonchev–Trinajstić information content (AvgIpc) is 3.25. The molecule has 7 nitrogen and oxygen atoms in total. The van der Waals surface area contributed by atoms with Crippen LogP contribution in [0.25, 0.3) is 5.82 Å². The molecule has 0 saturated heterocycles. The molecule has 1 amide bonds. The summed E-state index contributed by atoms with van der Waals surface area (Å²) in [4.78, 5) is 13.4. The van der Waals surface area contributed by atoms with Crippen LogP contribution in [0.5, 0.6) is 0 Å². The van der Waals surface area contributed by atoms with E-state index in [2.05, 4.69) is 27.5 Å². The number of hydrogen-bond donors (Lipinski definition) is 1. The van der Waals surface area contributed by atoms with Crippen LogP contribution in [0.15, 0.2) is 30.2 Å². The van der Waals surface area contributed by atoms with Crippen LogP contribution in [0.1, 0.15) is 23.9 Å². The standard InChI is InChI=1S/C15H18N6OS/c1-3-6-21-11(2)14(15(19-21)20-9-16-17-10-20)18-13(22)8-12-5-4-7-23-12/h4-5,7,9-10H,3,6,8H2,1-2H3,(H,18,22). The fourth-order valence-corrected chi connectivity index (χ4v) is 3.06. The van der Waals surface area contributed by atoms with E-state index < -0.39 is 0 Å². The van der Waals surface area contributed by atoms with Crippen LogP contribution in [-0.2, 0) is 17.8 Å². The van der Waals surface area contributed by atoms with Crippen molar-refractivity contribution in [3.05, 3.63) is 40.7 Å². The van der Waals surface area contributed by atoms with Crippen molar-refractivity contribution < 1.29 is 4.79 Å². The molecule has 120 valence electrons. The Hall–Kier alpha value is -2.48. The van der Waals surface area contributed by atoms with Crippen molar-refractivity contribution in [2.45, 2.75) is 33.2 Å². The summed E-state index contributed by atoms with van der Waals surface area (Å²) < 4.78 is 3.61. The summed E-state index contributed by atoms with van der Waals surface area (Å²) in [7, 11) is 0. The van der Waals surface area contributed by atoms with Crippen molar-refractivity contribution in [2.75, 3.05) is 5.32 Å². The normalized spacial score (nSPS) is 10.9. The molecule has 23 heavy (non-hydrogen) atoms. The maximum atomic E-state index is 12.3. The number of carbonyl (C=O) groups excluding carboxylic acids is 1. The second-order valence-corrected chi connectivity index (χ2v) is 6.21. The van der Waals surface area contributed by atoms with Gasteiger partial charge in [0.2, 0.25) is 5.91 Å². The van der Waals surface area contributed by atoms with Gasteiger partial charge in [-0.1, -0.05) is 13.0 Å². The number of nitrogens with one attached hydrogen (secondary N) is 1. The number of aryl methyl sites for hydroxylation is 1. The third-order valence-corrected chi connectivity index (χ3v) is 4.34. The molecule has 3 aromatic rings. The monoisotopic (exact) mass is 330 g/mol. The minimum absolute atomic E-state index is 0.0547. The smallest absolute Gasteiger partial charge is 0.229 e. The molecule has 0 bridgehead atoms. The van der Waals surface area contributed by atoms with Crippen LogP contribution in [-0.4, -0.2) is 30.5 Å². The SMILES string of the molecule is CCCn1nc(-n2cnnc2)c(NC(=O)Cc2cccs2)c1C. The highest BCUT2D eigenvalue weighted by atomic mass is 32.1. The number of rotatable bonds is 6. The highest BCUT2D eigenvalue weighted by Gasteiger charge is 2.18. The van der Waals surface area contributed by atoms with Gasteiger partial charge in [0.1, 0.15) is 18.3 Å². The van der Waals surface area contributed by atoms with Gasteiger partial charge in [0.25, 0.3) is 0 Å². The fraction of sp³-hybridized carbons (Fsp3) is 0.333. The average molecular weight is 330 g/mol. The van der Waals surface area contributed by atoms with E-state index in [0.717, 1.165) is 23.5 Å². The molecule has 0 aliphatic carbocycles. The van der Waals surface area contributed by atoms with Crippen molar-refractivity contribution in [1.82, 2.24) is 24.5 Å². The zero-order valence-corrected chi connectivity index (χ0v) is 13.9. The highest BCUT2D eigenvalue weighted by molar-refractivity contribution is 7.10.